The smallest absolute Gasteiger partial charge is 0.270 e. The van der Waals surface area contributed by atoms with Gasteiger partial charge >= 0.3 is 0 Å². The minimum Gasteiger partial charge on any atom is -0.366 e. The molecular formula is C22H17Cl2FN4OS. The van der Waals surface area contributed by atoms with E-state index in [1.54, 1.807) is 24.3 Å². The van der Waals surface area contributed by atoms with E-state index in [1.165, 1.54) is 17.4 Å². The molecule has 0 spiro atoms. The highest BCUT2D eigenvalue weighted by atomic mass is 35.5. The lowest BCUT2D eigenvalue weighted by Gasteiger charge is -2.36. The summed E-state index contributed by atoms with van der Waals surface area (Å²) >= 11 is 13.6. The van der Waals surface area contributed by atoms with Gasteiger partial charge in [0.2, 0.25) is 5.95 Å². The number of para-hydroxylation sites is 1. The Balaban J connectivity index is 1.45. The number of nitrogens with one attached hydrogen (secondary N) is 1. The van der Waals surface area contributed by atoms with Crippen LogP contribution in [0, 0.1) is 5.82 Å². The second kappa shape index (κ2) is 8.15. The first-order valence-electron chi connectivity index (χ1n) is 9.72. The molecule has 1 N–H and O–H groups in total. The summed E-state index contributed by atoms with van der Waals surface area (Å²) < 4.78 is 14.7. The van der Waals surface area contributed by atoms with Crippen LogP contribution >= 0.6 is 34.5 Å². The average Bonchev–Trinajstić information content (AvgIpc) is 3.21. The van der Waals surface area contributed by atoms with Crippen molar-refractivity contribution in [2.24, 2.45) is 0 Å². The molecule has 0 unspecified atom stereocenters. The van der Waals surface area contributed by atoms with Gasteiger partial charge in [0.15, 0.2) is 0 Å². The van der Waals surface area contributed by atoms with E-state index in [4.69, 9.17) is 28.2 Å². The van der Waals surface area contributed by atoms with Gasteiger partial charge in [0.05, 0.1) is 21.2 Å². The lowest BCUT2D eigenvalue weighted by Crippen LogP contribution is -2.47. The van der Waals surface area contributed by atoms with E-state index in [2.05, 4.69) is 4.98 Å². The van der Waals surface area contributed by atoms with E-state index < -0.39 is 0 Å². The first-order valence-corrected chi connectivity index (χ1v) is 11.4. The highest BCUT2D eigenvalue weighted by molar-refractivity contribution is 7.17. The predicted molar refractivity (Wildman–Crippen MR) is 127 cm³/mol. The van der Waals surface area contributed by atoms with Gasteiger partial charge in [-0.25, -0.2) is 9.37 Å². The van der Waals surface area contributed by atoms with Gasteiger partial charge in [-0.05, 0) is 29.8 Å². The van der Waals surface area contributed by atoms with Crippen LogP contribution < -0.4 is 15.4 Å². The molecule has 4 aromatic rings. The summed E-state index contributed by atoms with van der Waals surface area (Å²) in [6, 6.07) is 12.2. The zero-order valence-corrected chi connectivity index (χ0v) is 18.6. The summed E-state index contributed by atoms with van der Waals surface area (Å²) in [6.07, 6.45) is 0. The van der Waals surface area contributed by atoms with Crippen molar-refractivity contribution < 1.29 is 4.39 Å². The number of halogens is 3. The maximum Gasteiger partial charge on any atom is 0.270 e. The van der Waals surface area contributed by atoms with E-state index in [0.717, 1.165) is 11.1 Å². The molecule has 1 aliphatic rings. The number of anilines is 2. The Morgan fingerprint density at radius 1 is 1.00 bits per heavy atom. The molecule has 2 aromatic carbocycles. The Morgan fingerprint density at radius 3 is 2.48 bits per heavy atom. The van der Waals surface area contributed by atoms with Gasteiger partial charge in [0, 0.05) is 37.1 Å². The van der Waals surface area contributed by atoms with Gasteiger partial charge in [-0.1, -0.05) is 41.4 Å². The number of fused-ring (bicyclic) bond motifs is 1. The van der Waals surface area contributed by atoms with Gasteiger partial charge < -0.3 is 9.80 Å². The van der Waals surface area contributed by atoms with Crippen molar-refractivity contribution in [3.63, 3.8) is 0 Å². The quantitative estimate of drug-likeness (QED) is 0.430. The minimum atomic E-state index is -0.228. The SMILES string of the molecule is O=c1[nH]c(N2CCN(c3ccccc3F)CC2)nc2c(-c3ccc(Cl)c(Cl)c3)csc12. The van der Waals surface area contributed by atoms with Crippen molar-refractivity contribution >= 4 is 56.4 Å². The molecule has 158 valence electrons. The van der Waals surface area contributed by atoms with E-state index in [1.807, 2.05) is 27.3 Å². The van der Waals surface area contributed by atoms with Crippen molar-refractivity contribution in [1.82, 2.24) is 9.97 Å². The van der Waals surface area contributed by atoms with Gasteiger partial charge in [0.25, 0.3) is 5.56 Å². The van der Waals surface area contributed by atoms with Gasteiger partial charge in [-0.15, -0.1) is 11.3 Å². The van der Waals surface area contributed by atoms with Gasteiger partial charge in [-0.3, -0.25) is 9.78 Å². The van der Waals surface area contributed by atoms with E-state index in [9.17, 15) is 9.18 Å². The van der Waals surface area contributed by atoms with E-state index >= 15 is 0 Å². The number of hydrogen-bond donors (Lipinski definition) is 1. The molecule has 1 saturated heterocycles. The monoisotopic (exact) mass is 474 g/mol. The number of rotatable bonds is 3. The Bertz CT molecular complexity index is 1330. The van der Waals surface area contributed by atoms with Crippen molar-refractivity contribution in [2.45, 2.75) is 0 Å². The number of piperazine rings is 1. The summed E-state index contributed by atoms with van der Waals surface area (Å²) in [5.74, 6) is 0.291. The van der Waals surface area contributed by atoms with Crippen molar-refractivity contribution in [3.8, 4) is 11.1 Å². The largest absolute Gasteiger partial charge is 0.366 e. The maximum absolute atomic E-state index is 14.1. The Morgan fingerprint density at radius 2 is 1.74 bits per heavy atom. The molecular weight excluding hydrogens is 458 g/mol. The van der Waals surface area contributed by atoms with Crippen LogP contribution in [0.5, 0.6) is 0 Å². The number of aromatic nitrogens is 2. The zero-order valence-electron chi connectivity index (χ0n) is 16.2. The molecule has 31 heavy (non-hydrogen) atoms. The normalized spacial score (nSPS) is 14.4. The Kier molecular flexibility index (Phi) is 5.33. The number of thiophene rings is 1. The fraction of sp³-hybridized carbons (Fsp3) is 0.182. The first-order chi connectivity index (χ1) is 15.0. The minimum absolute atomic E-state index is 0.173. The maximum atomic E-state index is 14.1. The van der Waals surface area contributed by atoms with Crippen LogP contribution in [0.15, 0.2) is 52.6 Å². The molecule has 9 heteroatoms. The summed E-state index contributed by atoms with van der Waals surface area (Å²) in [4.78, 5) is 24.4. The van der Waals surface area contributed by atoms with Crippen molar-refractivity contribution in [3.05, 3.63) is 74.1 Å². The predicted octanol–water partition coefficient (Wildman–Crippen LogP) is 5.42. The molecule has 0 aliphatic carbocycles. The zero-order chi connectivity index (χ0) is 21.5. The highest BCUT2D eigenvalue weighted by Gasteiger charge is 2.22. The van der Waals surface area contributed by atoms with Crippen LogP contribution in [-0.4, -0.2) is 36.1 Å². The third kappa shape index (κ3) is 3.78. The summed E-state index contributed by atoms with van der Waals surface area (Å²) in [5.41, 5.74) is 2.76. The fourth-order valence-electron chi connectivity index (χ4n) is 3.80. The van der Waals surface area contributed by atoms with Crippen LogP contribution in [0.3, 0.4) is 0 Å². The summed E-state index contributed by atoms with van der Waals surface area (Å²) in [6.45, 7) is 2.50. The topological polar surface area (TPSA) is 52.2 Å². The molecule has 0 bridgehead atoms. The summed E-state index contributed by atoms with van der Waals surface area (Å²) in [5, 5.41) is 2.84. The molecule has 0 amide bonds. The molecule has 0 radical (unpaired) electrons. The van der Waals surface area contributed by atoms with Crippen LogP contribution in [0.25, 0.3) is 21.3 Å². The standard InChI is InChI=1S/C22H17Cl2FN4OS/c23-15-6-5-13(11-16(15)24)14-12-31-20-19(14)26-22(27-21(20)30)29-9-7-28(8-10-29)18-4-2-1-3-17(18)25/h1-6,11-12H,7-10H2,(H,26,27,30). The van der Waals surface area contributed by atoms with Crippen molar-refractivity contribution in [1.29, 1.82) is 0 Å². The highest BCUT2D eigenvalue weighted by Crippen LogP contribution is 2.35. The number of nitrogens with zero attached hydrogens (tertiary/aromatic N) is 3. The second-order valence-corrected chi connectivity index (χ2v) is 8.97. The third-order valence-corrected chi connectivity index (χ3v) is 7.12. The molecule has 5 nitrogen and oxygen atoms in total. The molecule has 5 rings (SSSR count). The van der Waals surface area contributed by atoms with E-state index in [-0.39, 0.29) is 11.4 Å². The molecule has 1 aliphatic heterocycles. The molecule has 3 heterocycles. The Labute approximate surface area is 191 Å². The van der Waals surface area contributed by atoms with Gasteiger partial charge in [0.1, 0.15) is 10.5 Å². The molecule has 1 fully saturated rings. The number of benzene rings is 2. The van der Waals surface area contributed by atoms with Crippen molar-refractivity contribution in [2.75, 3.05) is 36.0 Å². The lowest BCUT2D eigenvalue weighted by molar-refractivity contribution is 0.594. The number of aromatic amines is 1. The molecule has 0 saturated carbocycles. The van der Waals surface area contributed by atoms with Crippen LogP contribution in [0.4, 0.5) is 16.0 Å². The van der Waals surface area contributed by atoms with Gasteiger partial charge in [-0.2, -0.15) is 0 Å². The molecule has 2 aromatic heterocycles. The lowest BCUT2D eigenvalue weighted by atomic mass is 10.1. The third-order valence-electron chi connectivity index (χ3n) is 5.42. The summed E-state index contributed by atoms with van der Waals surface area (Å²) in [7, 11) is 0. The molecule has 0 atom stereocenters. The van der Waals surface area contributed by atoms with Crippen LogP contribution in [-0.2, 0) is 0 Å². The van der Waals surface area contributed by atoms with Crippen LogP contribution in [0.2, 0.25) is 10.0 Å². The average molecular weight is 475 g/mol. The number of H-pyrrole nitrogens is 1. The Hall–Kier alpha value is -2.61. The van der Waals surface area contributed by atoms with Crippen LogP contribution in [0.1, 0.15) is 0 Å². The van der Waals surface area contributed by atoms with E-state index in [0.29, 0.717) is 58.1 Å². The number of hydrogen-bond acceptors (Lipinski definition) is 5. The first kappa shape index (κ1) is 20.3. The fourth-order valence-corrected chi connectivity index (χ4v) is 5.01. The second-order valence-electron chi connectivity index (χ2n) is 7.27.